The summed E-state index contributed by atoms with van der Waals surface area (Å²) in [7, 11) is 0. The van der Waals surface area contributed by atoms with Crippen LogP contribution in [0, 0.1) is 52.3 Å². The molecule has 0 spiro atoms. The Kier molecular flexibility index (Phi) is 6.04. The SMILES string of the molecule is C[C@H]([13CH3])[C@@H](C)CC[C@@H](C)[C@H]1CC[C@H]2[C@@H]3CC=C4C[C@@H](O)CC[C@]4(C)[C@H]3CC[C@]12C. The first-order valence-electron chi connectivity index (χ1n) is 13.0. The Labute approximate surface area is 181 Å². The highest BCUT2D eigenvalue weighted by molar-refractivity contribution is 5.25. The second-order valence-corrected chi connectivity index (χ2v) is 12.7. The van der Waals surface area contributed by atoms with Crippen molar-refractivity contribution in [1.82, 2.24) is 0 Å². The number of hydrogen-bond acceptors (Lipinski definition) is 1. The van der Waals surface area contributed by atoms with Gasteiger partial charge < -0.3 is 5.11 Å². The van der Waals surface area contributed by atoms with Crippen LogP contribution in [-0.2, 0) is 0 Å². The quantitative estimate of drug-likeness (QED) is 0.371. The third-order valence-corrected chi connectivity index (χ3v) is 11.1. The predicted molar refractivity (Wildman–Crippen MR) is 124 cm³/mol. The maximum Gasteiger partial charge on any atom is 0.0577 e. The lowest BCUT2D eigenvalue weighted by atomic mass is 9.47. The molecule has 4 rings (SSSR count). The van der Waals surface area contributed by atoms with E-state index in [1.165, 1.54) is 51.4 Å². The van der Waals surface area contributed by atoms with Gasteiger partial charge >= 0.3 is 0 Å². The predicted octanol–water partition coefficient (Wildman–Crippen LogP) is 7.63. The minimum absolute atomic E-state index is 0.0790. The average molecular weight is 402 g/mol. The molecule has 0 aromatic heterocycles. The summed E-state index contributed by atoms with van der Waals surface area (Å²) in [6.45, 7) is 15.1. The van der Waals surface area contributed by atoms with Gasteiger partial charge in [0.25, 0.3) is 0 Å². The van der Waals surface area contributed by atoms with Crippen molar-refractivity contribution in [3.63, 3.8) is 0 Å². The van der Waals surface area contributed by atoms with Crippen molar-refractivity contribution in [3.8, 4) is 0 Å². The lowest BCUT2D eigenvalue weighted by molar-refractivity contribution is -0.0574. The lowest BCUT2D eigenvalue weighted by Crippen LogP contribution is -2.50. The summed E-state index contributed by atoms with van der Waals surface area (Å²) in [5.74, 6) is 6.24. The first-order valence-corrected chi connectivity index (χ1v) is 13.0. The first-order chi connectivity index (χ1) is 13.7. The van der Waals surface area contributed by atoms with Crippen LogP contribution in [0.25, 0.3) is 0 Å². The number of aliphatic hydroxyl groups excluding tert-OH is 1. The van der Waals surface area contributed by atoms with Crippen LogP contribution < -0.4 is 0 Å². The highest BCUT2D eigenvalue weighted by Crippen LogP contribution is 2.67. The van der Waals surface area contributed by atoms with Gasteiger partial charge in [0.1, 0.15) is 0 Å². The second-order valence-electron chi connectivity index (χ2n) is 12.7. The smallest absolute Gasteiger partial charge is 0.0577 e. The van der Waals surface area contributed by atoms with Gasteiger partial charge in [-0.2, -0.15) is 0 Å². The van der Waals surface area contributed by atoms with Gasteiger partial charge in [-0.05, 0) is 104 Å². The Morgan fingerprint density at radius 2 is 1.72 bits per heavy atom. The number of hydrogen-bond donors (Lipinski definition) is 1. The zero-order chi connectivity index (χ0) is 21.0. The number of fused-ring (bicyclic) bond motifs is 5. The third-order valence-electron chi connectivity index (χ3n) is 11.1. The summed E-state index contributed by atoms with van der Waals surface area (Å²) in [6, 6.07) is 0. The molecule has 29 heavy (non-hydrogen) atoms. The molecule has 1 nitrogen and oxygen atoms in total. The van der Waals surface area contributed by atoms with Crippen LogP contribution in [-0.4, -0.2) is 11.2 Å². The Morgan fingerprint density at radius 1 is 0.966 bits per heavy atom. The monoisotopic (exact) mass is 401 g/mol. The number of rotatable bonds is 5. The Morgan fingerprint density at radius 3 is 2.45 bits per heavy atom. The summed E-state index contributed by atoms with van der Waals surface area (Å²) in [4.78, 5) is 0. The molecule has 0 aliphatic heterocycles. The van der Waals surface area contributed by atoms with Crippen molar-refractivity contribution in [2.75, 3.05) is 0 Å². The molecule has 0 saturated heterocycles. The van der Waals surface area contributed by atoms with Crippen LogP contribution >= 0.6 is 0 Å². The molecule has 0 aromatic carbocycles. The first kappa shape index (κ1) is 21.9. The standard InChI is InChI=1S/C28H48O/c1-18(2)19(3)7-8-20(4)24-11-12-25-23-10-9-21-17-22(29)13-15-27(21,5)26(23)14-16-28(24,25)6/h9,18-20,22-26,29H,7-8,10-17H2,1-6H3/t19-,20+,22-,23-,24+,25-,26-,27-,28+/m0/s1/i1+1/t18-,19-,20+,22-,23-,24+,25-,26-,27-,28+. The number of aliphatic hydroxyl groups is 1. The fourth-order valence-corrected chi connectivity index (χ4v) is 8.68. The highest BCUT2D eigenvalue weighted by atomic mass is 16.3. The van der Waals surface area contributed by atoms with E-state index in [2.05, 4.69) is 47.6 Å². The molecule has 4 aliphatic rings. The molecule has 4 aliphatic carbocycles. The van der Waals surface area contributed by atoms with Crippen LogP contribution in [0.4, 0.5) is 0 Å². The van der Waals surface area contributed by atoms with Crippen LogP contribution in [0.2, 0.25) is 0 Å². The highest BCUT2D eigenvalue weighted by Gasteiger charge is 2.59. The normalized spacial score (nSPS) is 47.4. The van der Waals surface area contributed by atoms with Crippen LogP contribution in [0.3, 0.4) is 0 Å². The molecule has 1 N–H and O–H groups in total. The molecule has 0 heterocycles. The zero-order valence-corrected chi connectivity index (χ0v) is 20.2. The summed E-state index contributed by atoms with van der Waals surface area (Å²) in [5.41, 5.74) is 2.59. The topological polar surface area (TPSA) is 20.2 Å². The van der Waals surface area contributed by atoms with Gasteiger partial charge in [-0.25, -0.2) is 0 Å². The van der Waals surface area contributed by atoms with Gasteiger partial charge in [0, 0.05) is 0 Å². The van der Waals surface area contributed by atoms with E-state index >= 15 is 0 Å². The van der Waals surface area contributed by atoms with E-state index in [0.717, 1.165) is 54.3 Å². The van der Waals surface area contributed by atoms with E-state index in [9.17, 15) is 5.11 Å². The molecular formula is C28H48O. The fourth-order valence-electron chi connectivity index (χ4n) is 8.68. The van der Waals surface area contributed by atoms with Gasteiger partial charge in [0.05, 0.1) is 6.10 Å². The van der Waals surface area contributed by atoms with Crippen molar-refractivity contribution in [2.45, 2.75) is 112 Å². The Hall–Kier alpha value is -0.300. The largest absolute Gasteiger partial charge is 0.393 e. The van der Waals surface area contributed by atoms with Crippen molar-refractivity contribution < 1.29 is 5.11 Å². The van der Waals surface area contributed by atoms with E-state index < -0.39 is 0 Å². The van der Waals surface area contributed by atoms with Crippen LogP contribution in [0.5, 0.6) is 0 Å². The van der Waals surface area contributed by atoms with Gasteiger partial charge in [0.2, 0.25) is 0 Å². The maximum absolute atomic E-state index is 10.2. The second kappa shape index (κ2) is 7.99. The molecular weight excluding hydrogens is 353 g/mol. The van der Waals surface area contributed by atoms with E-state index in [1.807, 2.05) is 0 Å². The molecule has 3 saturated carbocycles. The molecule has 166 valence electrons. The van der Waals surface area contributed by atoms with Gasteiger partial charge in [0.15, 0.2) is 0 Å². The van der Waals surface area contributed by atoms with E-state index in [1.54, 1.807) is 5.57 Å². The van der Waals surface area contributed by atoms with Gasteiger partial charge in [-0.3, -0.25) is 0 Å². The Balaban J connectivity index is 1.49. The minimum atomic E-state index is -0.0790. The van der Waals surface area contributed by atoms with Crippen molar-refractivity contribution in [2.24, 2.45) is 52.3 Å². The molecule has 0 amide bonds. The molecule has 1 heteroatoms. The van der Waals surface area contributed by atoms with E-state index in [4.69, 9.17) is 0 Å². The van der Waals surface area contributed by atoms with Gasteiger partial charge in [-0.15, -0.1) is 0 Å². The third kappa shape index (κ3) is 3.66. The zero-order valence-electron chi connectivity index (χ0n) is 20.2. The van der Waals surface area contributed by atoms with Crippen molar-refractivity contribution in [3.05, 3.63) is 11.6 Å². The summed E-state index contributed by atoms with van der Waals surface area (Å²) in [5, 5.41) is 10.2. The molecule has 0 bridgehead atoms. The lowest BCUT2D eigenvalue weighted by Gasteiger charge is -2.58. The van der Waals surface area contributed by atoms with Crippen molar-refractivity contribution in [1.29, 1.82) is 0 Å². The van der Waals surface area contributed by atoms with Crippen LogP contribution in [0.15, 0.2) is 11.6 Å². The van der Waals surface area contributed by atoms with Gasteiger partial charge in [-0.1, -0.05) is 66.0 Å². The molecule has 3 fully saturated rings. The summed E-state index contributed by atoms with van der Waals surface area (Å²) < 4.78 is 0. The molecule has 0 unspecified atom stereocenters. The molecule has 0 aromatic rings. The minimum Gasteiger partial charge on any atom is -0.393 e. The molecule has 10 atom stereocenters. The number of allylic oxidation sites excluding steroid dienone is 1. The maximum atomic E-state index is 10.2. The fraction of sp³-hybridized carbons (Fsp3) is 0.929. The summed E-state index contributed by atoms with van der Waals surface area (Å²) in [6.07, 6.45) is 15.7. The van der Waals surface area contributed by atoms with Crippen LogP contribution in [0.1, 0.15) is 106 Å². The Bertz CT molecular complexity index is 620. The summed E-state index contributed by atoms with van der Waals surface area (Å²) >= 11 is 0. The van der Waals surface area contributed by atoms with Crippen molar-refractivity contribution >= 4 is 0 Å². The molecule has 0 radical (unpaired) electrons. The van der Waals surface area contributed by atoms with E-state index in [-0.39, 0.29) is 6.10 Å². The average Bonchev–Trinajstić information content (AvgIpc) is 3.03. The van der Waals surface area contributed by atoms with E-state index in [0.29, 0.717) is 10.8 Å².